The molecule has 0 aromatic heterocycles. The van der Waals surface area contributed by atoms with Crippen molar-refractivity contribution in [2.24, 2.45) is 11.8 Å². The van der Waals surface area contributed by atoms with E-state index >= 15 is 0 Å². The van der Waals surface area contributed by atoms with Gasteiger partial charge in [-0.3, -0.25) is 0 Å². The van der Waals surface area contributed by atoms with Crippen LogP contribution in [0, 0.1) is 11.8 Å². The molecule has 0 radical (unpaired) electrons. The number of hydrogen-bond acceptors (Lipinski definition) is 2. The molecule has 0 spiro atoms. The fourth-order valence-electron chi connectivity index (χ4n) is 2.52. The Morgan fingerprint density at radius 2 is 1.57 bits per heavy atom. The Morgan fingerprint density at radius 3 is 2.10 bits per heavy atom. The quantitative estimate of drug-likeness (QED) is 0.704. The summed E-state index contributed by atoms with van der Waals surface area (Å²) in [6.07, 6.45) is 2.16. The number of halogens is 2. The van der Waals surface area contributed by atoms with Crippen LogP contribution in [0.25, 0.3) is 0 Å². The predicted molar refractivity (Wildman–Crippen MR) is 82.6 cm³/mol. The third kappa shape index (κ3) is 7.42. The highest BCUT2D eigenvalue weighted by Gasteiger charge is 2.14. The van der Waals surface area contributed by atoms with Crippen molar-refractivity contribution in [1.82, 2.24) is 5.32 Å². The first-order valence-corrected chi connectivity index (χ1v) is 7.64. The number of benzene rings is 1. The zero-order valence-corrected chi connectivity index (χ0v) is 13.4. The van der Waals surface area contributed by atoms with E-state index in [0.29, 0.717) is 24.4 Å². The Kier molecular flexibility index (Phi) is 7.65. The van der Waals surface area contributed by atoms with Crippen LogP contribution in [0.2, 0.25) is 0 Å². The minimum atomic E-state index is -2.78. The molecule has 0 atom stereocenters. The first-order valence-electron chi connectivity index (χ1n) is 7.64. The zero-order chi connectivity index (χ0) is 15.8. The molecule has 1 aromatic rings. The van der Waals surface area contributed by atoms with Crippen molar-refractivity contribution in [2.45, 2.75) is 59.7 Å². The Morgan fingerprint density at radius 1 is 1.00 bits per heavy atom. The van der Waals surface area contributed by atoms with E-state index < -0.39 is 6.61 Å². The minimum absolute atomic E-state index is 0.257. The van der Waals surface area contributed by atoms with Gasteiger partial charge in [0.05, 0.1) is 0 Å². The molecule has 120 valence electrons. The average Bonchev–Trinajstić information content (AvgIpc) is 2.35. The number of hydrogen-bond donors (Lipinski definition) is 1. The lowest BCUT2D eigenvalue weighted by molar-refractivity contribution is -0.0505. The van der Waals surface area contributed by atoms with Crippen molar-refractivity contribution in [3.63, 3.8) is 0 Å². The molecular weight excluding hydrogens is 272 g/mol. The van der Waals surface area contributed by atoms with Crippen LogP contribution in [0.4, 0.5) is 8.78 Å². The molecule has 0 heterocycles. The van der Waals surface area contributed by atoms with Crippen LogP contribution in [0.1, 0.15) is 46.1 Å². The summed E-state index contributed by atoms with van der Waals surface area (Å²) in [6.45, 7) is 6.55. The van der Waals surface area contributed by atoms with Gasteiger partial charge in [-0.2, -0.15) is 8.78 Å². The predicted octanol–water partition coefficient (Wildman–Crippen LogP) is 4.84. The summed E-state index contributed by atoms with van der Waals surface area (Å²) in [7, 11) is 0. The smallest absolute Gasteiger partial charge is 0.387 e. The van der Waals surface area contributed by atoms with E-state index in [0.717, 1.165) is 18.4 Å². The van der Waals surface area contributed by atoms with E-state index in [1.54, 1.807) is 12.1 Å². The maximum absolute atomic E-state index is 12.4. The van der Waals surface area contributed by atoms with E-state index in [2.05, 4.69) is 37.7 Å². The van der Waals surface area contributed by atoms with Crippen LogP contribution in [-0.4, -0.2) is 12.7 Å². The fourth-order valence-corrected chi connectivity index (χ4v) is 2.52. The molecule has 2 nitrogen and oxygen atoms in total. The second kappa shape index (κ2) is 8.98. The van der Waals surface area contributed by atoms with Crippen LogP contribution in [-0.2, 0) is 6.54 Å². The lowest BCUT2D eigenvalue weighted by Crippen LogP contribution is -2.31. The van der Waals surface area contributed by atoms with E-state index in [-0.39, 0.29) is 5.75 Å². The summed E-state index contributed by atoms with van der Waals surface area (Å²) in [5.74, 6) is 1.47. The van der Waals surface area contributed by atoms with Crippen LogP contribution >= 0.6 is 0 Å². The number of alkyl halides is 2. The topological polar surface area (TPSA) is 21.3 Å². The van der Waals surface area contributed by atoms with Crippen molar-refractivity contribution in [1.29, 1.82) is 0 Å². The molecule has 0 saturated carbocycles. The first kappa shape index (κ1) is 17.9. The number of nitrogens with one attached hydrogen (secondary N) is 1. The van der Waals surface area contributed by atoms with Gasteiger partial charge in [-0.15, -0.1) is 0 Å². The van der Waals surface area contributed by atoms with E-state index in [4.69, 9.17) is 0 Å². The zero-order valence-electron chi connectivity index (χ0n) is 13.4. The highest BCUT2D eigenvalue weighted by molar-refractivity contribution is 5.33. The van der Waals surface area contributed by atoms with Gasteiger partial charge in [0.25, 0.3) is 0 Å². The maximum Gasteiger partial charge on any atom is 0.387 e. The molecule has 0 unspecified atom stereocenters. The maximum atomic E-state index is 12.4. The van der Waals surface area contributed by atoms with Gasteiger partial charge < -0.3 is 10.1 Å². The minimum Gasteiger partial charge on any atom is -0.434 e. The molecule has 1 rings (SSSR count). The van der Waals surface area contributed by atoms with E-state index in [9.17, 15) is 8.78 Å². The summed E-state index contributed by atoms with van der Waals surface area (Å²) in [5, 5.41) is 3.49. The SMILES string of the molecule is CC(C)CC(CC(C)C)NCc1ccccc1OC(F)F. The van der Waals surface area contributed by atoms with Crippen LogP contribution in [0.15, 0.2) is 24.3 Å². The molecule has 4 heteroatoms. The molecule has 21 heavy (non-hydrogen) atoms. The molecular formula is C17H27F2NO. The summed E-state index contributed by atoms with van der Waals surface area (Å²) >= 11 is 0. The Hall–Kier alpha value is -1.16. The number of rotatable bonds is 9. The highest BCUT2D eigenvalue weighted by Crippen LogP contribution is 2.21. The lowest BCUT2D eigenvalue weighted by atomic mass is 9.95. The van der Waals surface area contributed by atoms with Crippen LogP contribution < -0.4 is 10.1 Å². The van der Waals surface area contributed by atoms with Gasteiger partial charge in [-0.1, -0.05) is 45.9 Å². The van der Waals surface area contributed by atoms with Gasteiger partial charge in [0, 0.05) is 18.2 Å². The molecule has 1 N–H and O–H groups in total. The van der Waals surface area contributed by atoms with Gasteiger partial charge >= 0.3 is 6.61 Å². The summed E-state index contributed by atoms with van der Waals surface area (Å²) < 4.78 is 29.4. The van der Waals surface area contributed by atoms with Crippen molar-refractivity contribution < 1.29 is 13.5 Å². The molecule has 0 amide bonds. The van der Waals surface area contributed by atoms with Gasteiger partial charge in [0.2, 0.25) is 0 Å². The van der Waals surface area contributed by atoms with Crippen molar-refractivity contribution >= 4 is 0 Å². The summed E-state index contributed by atoms with van der Waals surface area (Å²) in [5.41, 5.74) is 0.773. The van der Waals surface area contributed by atoms with Crippen LogP contribution in [0.3, 0.4) is 0 Å². The standard InChI is InChI=1S/C17H27F2NO/c1-12(2)9-15(10-13(3)4)20-11-14-7-5-6-8-16(14)21-17(18)19/h5-8,12-13,15,17,20H,9-11H2,1-4H3. The molecule has 0 bridgehead atoms. The Labute approximate surface area is 126 Å². The lowest BCUT2D eigenvalue weighted by Gasteiger charge is -2.23. The van der Waals surface area contributed by atoms with E-state index in [1.807, 2.05) is 12.1 Å². The molecule has 0 fully saturated rings. The second-order valence-electron chi connectivity index (χ2n) is 6.32. The largest absolute Gasteiger partial charge is 0.434 e. The summed E-state index contributed by atoms with van der Waals surface area (Å²) in [4.78, 5) is 0. The van der Waals surface area contributed by atoms with Gasteiger partial charge in [0.1, 0.15) is 5.75 Å². The number of ether oxygens (including phenoxy) is 1. The molecule has 0 aliphatic heterocycles. The van der Waals surface area contributed by atoms with Gasteiger partial charge in [-0.05, 0) is 30.7 Å². The third-order valence-electron chi connectivity index (χ3n) is 3.28. The van der Waals surface area contributed by atoms with Gasteiger partial charge in [0.15, 0.2) is 0 Å². The first-order chi connectivity index (χ1) is 9.88. The highest BCUT2D eigenvalue weighted by atomic mass is 19.3. The summed E-state index contributed by atoms with van der Waals surface area (Å²) in [6, 6.07) is 7.36. The van der Waals surface area contributed by atoms with Crippen molar-refractivity contribution in [3.05, 3.63) is 29.8 Å². The van der Waals surface area contributed by atoms with Crippen LogP contribution in [0.5, 0.6) is 5.75 Å². The Bertz CT molecular complexity index is 398. The molecule has 0 saturated heterocycles. The second-order valence-corrected chi connectivity index (χ2v) is 6.32. The third-order valence-corrected chi connectivity index (χ3v) is 3.28. The average molecular weight is 299 g/mol. The molecule has 0 aliphatic carbocycles. The van der Waals surface area contributed by atoms with E-state index in [1.165, 1.54) is 0 Å². The number of para-hydroxylation sites is 1. The normalized spacial score (nSPS) is 11.9. The monoisotopic (exact) mass is 299 g/mol. The van der Waals surface area contributed by atoms with Crippen molar-refractivity contribution in [2.75, 3.05) is 0 Å². The van der Waals surface area contributed by atoms with Crippen molar-refractivity contribution in [3.8, 4) is 5.75 Å². The Balaban J connectivity index is 2.66. The fraction of sp³-hybridized carbons (Fsp3) is 0.647. The molecule has 1 aromatic carbocycles. The van der Waals surface area contributed by atoms with Gasteiger partial charge in [-0.25, -0.2) is 0 Å². The molecule has 0 aliphatic rings.